The second-order valence-corrected chi connectivity index (χ2v) is 3.70. The van der Waals surface area contributed by atoms with Gasteiger partial charge in [0.25, 0.3) is 0 Å². The number of ether oxygens (including phenoxy) is 1. The minimum atomic E-state index is -0.316. The Hall–Kier alpha value is -1.09. The lowest BCUT2D eigenvalue weighted by Crippen LogP contribution is -2.34. The smallest absolute Gasteiger partial charge is 0.138 e. The van der Waals surface area contributed by atoms with Crippen molar-refractivity contribution in [3.05, 3.63) is 24.5 Å². The first kappa shape index (κ1) is 9.46. The summed E-state index contributed by atoms with van der Waals surface area (Å²) in [6.45, 7) is 0. The minimum Gasteiger partial charge on any atom is -0.486 e. The van der Waals surface area contributed by atoms with Gasteiger partial charge in [0.15, 0.2) is 0 Å². The number of aromatic nitrogens is 1. The molecule has 3 heteroatoms. The molecule has 0 spiro atoms. The molecule has 76 valence electrons. The molecule has 14 heavy (non-hydrogen) atoms. The zero-order valence-electron chi connectivity index (χ0n) is 8.10. The lowest BCUT2D eigenvalue weighted by atomic mass is 9.95. The van der Waals surface area contributed by atoms with E-state index in [2.05, 4.69) is 4.98 Å². The zero-order chi connectivity index (χ0) is 9.80. The summed E-state index contributed by atoms with van der Waals surface area (Å²) in [5.41, 5.74) is 0. The van der Waals surface area contributed by atoms with E-state index in [0.717, 1.165) is 31.4 Å². The van der Waals surface area contributed by atoms with E-state index >= 15 is 0 Å². The van der Waals surface area contributed by atoms with Crippen molar-refractivity contribution >= 4 is 0 Å². The Morgan fingerprint density at radius 3 is 2.93 bits per heavy atom. The average molecular weight is 193 g/mol. The van der Waals surface area contributed by atoms with Crippen LogP contribution in [0.3, 0.4) is 0 Å². The fraction of sp³-hybridized carbons (Fsp3) is 0.545. The van der Waals surface area contributed by atoms with E-state index in [0.29, 0.717) is 0 Å². The quantitative estimate of drug-likeness (QED) is 0.778. The zero-order valence-corrected chi connectivity index (χ0v) is 8.10. The summed E-state index contributed by atoms with van der Waals surface area (Å²) < 4.78 is 5.66. The standard InChI is InChI=1S/C11H15NO2/c13-10-5-1-2-6-11(10)14-9-4-3-7-12-8-9/h3-4,7-8,10-11,13H,1-2,5-6H2. The van der Waals surface area contributed by atoms with Gasteiger partial charge in [-0.2, -0.15) is 0 Å². The van der Waals surface area contributed by atoms with Gasteiger partial charge in [0.1, 0.15) is 11.9 Å². The third-order valence-corrected chi connectivity index (χ3v) is 2.59. The van der Waals surface area contributed by atoms with Crippen molar-refractivity contribution in [1.82, 2.24) is 4.98 Å². The fourth-order valence-electron chi connectivity index (χ4n) is 1.81. The Kier molecular flexibility index (Phi) is 2.99. The lowest BCUT2D eigenvalue weighted by Gasteiger charge is -2.27. The van der Waals surface area contributed by atoms with Crippen molar-refractivity contribution < 1.29 is 9.84 Å². The van der Waals surface area contributed by atoms with Crippen LogP contribution in [0.25, 0.3) is 0 Å². The molecule has 0 bridgehead atoms. The van der Waals surface area contributed by atoms with Gasteiger partial charge in [-0.05, 0) is 31.4 Å². The molecular formula is C11H15NO2. The largest absolute Gasteiger partial charge is 0.486 e. The second kappa shape index (κ2) is 4.42. The van der Waals surface area contributed by atoms with Gasteiger partial charge in [-0.15, -0.1) is 0 Å². The Morgan fingerprint density at radius 1 is 1.36 bits per heavy atom. The molecule has 1 heterocycles. The molecule has 2 unspecified atom stereocenters. The van der Waals surface area contributed by atoms with Gasteiger partial charge in [-0.25, -0.2) is 0 Å². The van der Waals surface area contributed by atoms with Gasteiger partial charge >= 0.3 is 0 Å². The van der Waals surface area contributed by atoms with Crippen LogP contribution < -0.4 is 4.74 Å². The first-order chi connectivity index (χ1) is 6.86. The van der Waals surface area contributed by atoms with Crippen molar-refractivity contribution in [2.24, 2.45) is 0 Å². The molecule has 1 fully saturated rings. The predicted octanol–water partition coefficient (Wildman–Crippen LogP) is 1.76. The Bertz CT molecular complexity index is 276. The number of aliphatic hydroxyl groups is 1. The van der Waals surface area contributed by atoms with E-state index in [1.165, 1.54) is 0 Å². The number of aliphatic hydroxyl groups excluding tert-OH is 1. The average Bonchev–Trinajstić information content (AvgIpc) is 2.23. The normalized spacial score (nSPS) is 27.2. The van der Waals surface area contributed by atoms with Crippen LogP contribution in [0.4, 0.5) is 0 Å². The Balaban J connectivity index is 1.96. The van der Waals surface area contributed by atoms with Gasteiger partial charge < -0.3 is 9.84 Å². The number of rotatable bonds is 2. The number of hydrogen-bond acceptors (Lipinski definition) is 3. The molecule has 0 amide bonds. The van der Waals surface area contributed by atoms with Gasteiger partial charge in [-0.3, -0.25) is 4.98 Å². The highest BCUT2D eigenvalue weighted by Crippen LogP contribution is 2.23. The van der Waals surface area contributed by atoms with Crippen molar-refractivity contribution in [1.29, 1.82) is 0 Å². The summed E-state index contributed by atoms with van der Waals surface area (Å²) in [5.74, 6) is 0.749. The highest BCUT2D eigenvalue weighted by molar-refractivity contribution is 5.16. The summed E-state index contributed by atoms with van der Waals surface area (Å²) in [6.07, 6.45) is 7.07. The fourth-order valence-corrected chi connectivity index (χ4v) is 1.81. The first-order valence-corrected chi connectivity index (χ1v) is 5.11. The van der Waals surface area contributed by atoms with Gasteiger partial charge in [-0.1, -0.05) is 6.42 Å². The molecule has 0 aliphatic heterocycles. The maximum absolute atomic E-state index is 9.68. The first-order valence-electron chi connectivity index (χ1n) is 5.11. The van der Waals surface area contributed by atoms with E-state index in [4.69, 9.17) is 4.74 Å². The molecule has 0 saturated heterocycles. The summed E-state index contributed by atoms with van der Waals surface area (Å²) >= 11 is 0. The molecular weight excluding hydrogens is 178 g/mol. The monoisotopic (exact) mass is 193 g/mol. The third-order valence-electron chi connectivity index (χ3n) is 2.59. The van der Waals surface area contributed by atoms with Crippen LogP contribution in [-0.4, -0.2) is 22.3 Å². The van der Waals surface area contributed by atoms with E-state index in [1.807, 2.05) is 12.1 Å². The van der Waals surface area contributed by atoms with Crippen LogP contribution in [0.5, 0.6) is 5.75 Å². The molecule has 2 atom stereocenters. The molecule has 1 aliphatic carbocycles. The molecule has 1 N–H and O–H groups in total. The topological polar surface area (TPSA) is 42.4 Å². The van der Waals surface area contributed by atoms with E-state index in [-0.39, 0.29) is 12.2 Å². The number of hydrogen-bond donors (Lipinski definition) is 1. The van der Waals surface area contributed by atoms with Crippen molar-refractivity contribution in [3.8, 4) is 5.75 Å². The predicted molar refractivity (Wildman–Crippen MR) is 53.1 cm³/mol. The van der Waals surface area contributed by atoms with Gasteiger partial charge in [0.05, 0.1) is 12.3 Å². The summed E-state index contributed by atoms with van der Waals surface area (Å²) in [5, 5.41) is 9.68. The lowest BCUT2D eigenvalue weighted by molar-refractivity contribution is 0.00670. The SMILES string of the molecule is OC1CCCCC1Oc1cccnc1. The number of nitrogens with zero attached hydrogens (tertiary/aromatic N) is 1. The van der Waals surface area contributed by atoms with Gasteiger partial charge in [0.2, 0.25) is 0 Å². The Morgan fingerprint density at radius 2 is 2.21 bits per heavy atom. The molecule has 1 saturated carbocycles. The minimum absolute atomic E-state index is 0.0482. The summed E-state index contributed by atoms with van der Waals surface area (Å²) in [6, 6.07) is 3.71. The Labute approximate surface area is 83.7 Å². The van der Waals surface area contributed by atoms with E-state index < -0.39 is 0 Å². The molecule has 1 aromatic heterocycles. The third kappa shape index (κ3) is 2.23. The molecule has 2 rings (SSSR count). The maximum atomic E-state index is 9.68. The van der Waals surface area contributed by atoms with Crippen molar-refractivity contribution in [2.45, 2.75) is 37.9 Å². The second-order valence-electron chi connectivity index (χ2n) is 3.70. The summed E-state index contributed by atoms with van der Waals surface area (Å²) in [4.78, 5) is 3.97. The summed E-state index contributed by atoms with van der Waals surface area (Å²) in [7, 11) is 0. The van der Waals surface area contributed by atoms with E-state index in [9.17, 15) is 5.11 Å². The molecule has 1 aromatic rings. The molecule has 0 radical (unpaired) electrons. The maximum Gasteiger partial charge on any atom is 0.138 e. The van der Waals surface area contributed by atoms with Crippen LogP contribution in [0.2, 0.25) is 0 Å². The number of pyridine rings is 1. The van der Waals surface area contributed by atoms with Crippen LogP contribution >= 0.6 is 0 Å². The van der Waals surface area contributed by atoms with Crippen LogP contribution in [0.1, 0.15) is 25.7 Å². The van der Waals surface area contributed by atoms with Crippen molar-refractivity contribution in [2.75, 3.05) is 0 Å². The van der Waals surface area contributed by atoms with Crippen LogP contribution in [0, 0.1) is 0 Å². The highest BCUT2D eigenvalue weighted by atomic mass is 16.5. The molecule has 3 nitrogen and oxygen atoms in total. The van der Waals surface area contributed by atoms with E-state index in [1.54, 1.807) is 12.4 Å². The van der Waals surface area contributed by atoms with Crippen LogP contribution in [0.15, 0.2) is 24.5 Å². The highest BCUT2D eigenvalue weighted by Gasteiger charge is 2.24. The molecule has 0 aromatic carbocycles. The van der Waals surface area contributed by atoms with Gasteiger partial charge in [0, 0.05) is 6.20 Å². The molecule has 1 aliphatic rings. The van der Waals surface area contributed by atoms with Crippen molar-refractivity contribution in [3.63, 3.8) is 0 Å². The van der Waals surface area contributed by atoms with Crippen LogP contribution in [-0.2, 0) is 0 Å².